The molecule has 74 valence electrons. The summed E-state index contributed by atoms with van der Waals surface area (Å²) in [6, 6.07) is -0.280. The van der Waals surface area contributed by atoms with Gasteiger partial charge in [0.05, 0.1) is 12.2 Å². The lowest BCUT2D eigenvalue weighted by atomic mass is 10.2. The number of aromatic amines is 1. The summed E-state index contributed by atoms with van der Waals surface area (Å²) < 4.78 is 1.82. The van der Waals surface area contributed by atoms with Crippen LogP contribution in [-0.4, -0.2) is 25.0 Å². The molecule has 0 bridgehead atoms. The Morgan fingerprint density at radius 3 is 3.07 bits per heavy atom. The molecule has 0 aliphatic rings. The van der Waals surface area contributed by atoms with E-state index >= 15 is 0 Å². The largest absolute Gasteiger partial charge is 0.318 e. The Labute approximate surface area is 81.1 Å². The zero-order valence-electron chi connectivity index (χ0n) is 7.88. The van der Waals surface area contributed by atoms with Crippen molar-refractivity contribution >= 4 is 0 Å². The van der Waals surface area contributed by atoms with Crippen LogP contribution in [0.15, 0.2) is 18.7 Å². The number of aryl methyl sites for hydroxylation is 1. The summed E-state index contributed by atoms with van der Waals surface area (Å²) in [6.45, 7) is 2.86. The van der Waals surface area contributed by atoms with E-state index in [9.17, 15) is 0 Å². The van der Waals surface area contributed by atoms with Gasteiger partial charge in [0.15, 0.2) is 0 Å². The van der Waals surface area contributed by atoms with Crippen molar-refractivity contribution in [3.8, 4) is 0 Å². The zero-order chi connectivity index (χ0) is 9.97. The molecule has 0 aliphatic heterocycles. The van der Waals surface area contributed by atoms with Crippen LogP contribution in [0.5, 0.6) is 0 Å². The summed E-state index contributed by atoms with van der Waals surface area (Å²) in [7, 11) is 0. The van der Waals surface area contributed by atoms with Crippen LogP contribution in [0.4, 0.5) is 0 Å². The van der Waals surface area contributed by atoms with E-state index < -0.39 is 0 Å². The van der Waals surface area contributed by atoms with Crippen molar-refractivity contribution in [2.45, 2.75) is 19.5 Å². The third kappa shape index (κ3) is 1.51. The van der Waals surface area contributed by atoms with Crippen LogP contribution < -0.4 is 5.73 Å². The number of nitrogens with one attached hydrogen (secondary N) is 1. The van der Waals surface area contributed by atoms with Crippen molar-refractivity contribution < 1.29 is 0 Å². The Kier molecular flexibility index (Phi) is 2.28. The van der Waals surface area contributed by atoms with Gasteiger partial charge in [-0.15, -0.1) is 0 Å². The summed E-state index contributed by atoms with van der Waals surface area (Å²) in [5.41, 5.74) is 6.88. The van der Waals surface area contributed by atoms with Gasteiger partial charge < -0.3 is 5.73 Å². The lowest BCUT2D eigenvalue weighted by Crippen LogP contribution is -2.12. The van der Waals surface area contributed by atoms with Gasteiger partial charge in [0.1, 0.15) is 12.2 Å². The van der Waals surface area contributed by atoms with Crippen LogP contribution in [0.3, 0.4) is 0 Å². The normalized spacial score (nSPS) is 13.0. The van der Waals surface area contributed by atoms with E-state index in [-0.39, 0.29) is 6.04 Å². The standard InChI is InChI=1S/C8H12N6/c1-2-14-4-6(3-12-14)7(9)8-10-5-11-13-8/h3-5,7H,2,9H2,1H3,(H,10,11,13). The van der Waals surface area contributed by atoms with Gasteiger partial charge in [0.25, 0.3) is 0 Å². The molecule has 0 radical (unpaired) electrons. The molecule has 0 saturated carbocycles. The second-order valence-corrected chi connectivity index (χ2v) is 2.98. The fourth-order valence-electron chi connectivity index (χ4n) is 1.24. The average molecular weight is 192 g/mol. The minimum Gasteiger partial charge on any atom is -0.318 e. The fourth-order valence-corrected chi connectivity index (χ4v) is 1.24. The molecular formula is C8H12N6. The highest BCUT2D eigenvalue weighted by Crippen LogP contribution is 2.13. The second kappa shape index (κ2) is 3.59. The summed E-state index contributed by atoms with van der Waals surface area (Å²) in [4.78, 5) is 4.00. The highest BCUT2D eigenvalue weighted by atomic mass is 15.3. The number of aromatic nitrogens is 5. The molecule has 0 aliphatic carbocycles. The van der Waals surface area contributed by atoms with Gasteiger partial charge >= 0.3 is 0 Å². The summed E-state index contributed by atoms with van der Waals surface area (Å²) in [5, 5.41) is 10.6. The SMILES string of the molecule is CCn1cc(C(N)c2ncn[nH]2)cn1. The van der Waals surface area contributed by atoms with Crippen molar-refractivity contribution in [2.24, 2.45) is 5.73 Å². The Morgan fingerprint density at radius 1 is 1.64 bits per heavy atom. The number of nitrogens with two attached hydrogens (primary N) is 1. The molecule has 0 fully saturated rings. The van der Waals surface area contributed by atoms with Crippen molar-refractivity contribution in [1.82, 2.24) is 25.0 Å². The van der Waals surface area contributed by atoms with Crippen LogP contribution in [-0.2, 0) is 6.54 Å². The summed E-state index contributed by atoms with van der Waals surface area (Å²) >= 11 is 0. The molecule has 0 spiro atoms. The number of hydrogen-bond acceptors (Lipinski definition) is 4. The first-order valence-corrected chi connectivity index (χ1v) is 4.44. The van der Waals surface area contributed by atoms with E-state index in [1.807, 2.05) is 17.8 Å². The predicted octanol–water partition coefficient (Wildman–Crippen LogP) is 0.0692. The molecule has 2 heterocycles. The maximum atomic E-state index is 5.94. The molecule has 6 nitrogen and oxygen atoms in total. The molecule has 3 N–H and O–H groups in total. The third-order valence-electron chi connectivity index (χ3n) is 2.06. The fraction of sp³-hybridized carbons (Fsp3) is 0.375. The molecule has 14 heavy (non-hydrogen) atoms. The zero-order valence-corrected chi connectivity index (χ0v) is 7.88. The first-order valence-electron chi connectivity index (χ1n) is 4.44. The molecule has 6 heteroatoms. The molecule has 2 rings (SSSR count). The van der Waals surface area contributed by atoms with E-state index in [0.29, 0.717) is 5.82 Å². The lowest BCUT2D eigenvalue weighted by molar-refractivity contribution is 0.658. The van der Waals surface area contributed by atoms with Crippen molar-refractivity contribution in [1.29, 1.82) is 0 Å². The van der Waals surface area contributed by atoms with Crippen molar-refractivity contribution in [2.75, 3.05) is 0 Å². The van der Waals surface area contributed by atoms with Gasteiger partial charge in [-0.25, -0.2) is 4.98 Å². The van der Waals surface area contributed by atoms with Gasteiger partial charge in [-0.05, 0) is 6.92 Å². The lowest BCUT2D eigenvalue weighted by Gasteiger charge is -2.03. The summed E-state index contributed by atoms with van der Waals surface area (Å²) in [5.74, 6) is 0.653. The topological polar surface area (TPSA) is 85.4 Å². The highest BCUT2D eigenvalue weighted by molar-refractivity contribution is 5.17. The van der Waals surface area contributed by atoms with E-state index in [0.717, 1.165) is 12.1 Å². The van der Waals surface area contributed by atoms with Gasteiger partial charge in [-0.1, -0.05) is 0 Å². The third-order valence-corrected chi connectivity index (χ3v) is 2.06. The van der Waals surface area contributed by atoms with Crippen LogP contribution in [0, 0.1) is 0 Å². The molecular weight excluding hydrogens is 180 g/mol. The highest BCUT2D eigenvalue weighted by Gasteiger charge is 2.13. The average Bonchev–Trinajstić information content (AvgIpc) is 2.88. The molecule has 0 amide bonds. The van der Waals surface area contributed by atoms with Crippen LogP contribution in [0.25, 0.3) is 0 Å². The van der Waals surface area contributed by atoms with Gasteiger partial charge in [-0.3, -0.25) is 9.78 Å². The second-order valence-electron chi connectivity index (χ2n) is 2.98. The van der Waals surface area contributed by atoms with Crippen molar-refractivity contribution in [3.63, 3.8) is 0 Å². The van der Waals surface area contributed by atoms with E-state index in [1.54, 1.807) is 6.20 Å². The van der Waals surface area contributed by atoms with Crippen molar-refractivity contribution in [3.05, 3.63) is 30.1 Å². The summed E-state index contributed by atoms with van der Waals surface area (Å²) in [6.07, 6.45) is 5.10. The number of nitrogens with zero attached hydrogens (tertiary/aromatic N) is 4. The van der Waals surface area contributed by atoms with Gasteiger partial charge in [-0.2, -0.15) is 10.2 Å². The quantitative estimate of drug-likeness (QED) is 0.720. The Balaban J connectivity index is 2.23. The molecule has 2 aromatic rings. The minimum absolute atomic E-state index is 0.280. The number of hydrogen-bond donors (Lipinski definition) is 2. The van der Waals surface area contributed by atoms with Crippen LogP contribution in [0.1, 0.15) is 24.4 Å². The molecule has 0 saturated heterocycles. The maximum Gasteiger partial charge on any atom is 0.145 e. The van der Waals surface area contributed by atoms with E-state index in [1.165, 1.54) is 6.33 Å². The van der Waals surface area contributed by atoms with Gasteiger partial charge in [0.2, 0.25) is 0 Å². The molecule has 1 unspecified atom stereocenters. The number of rotatable bonds is 3. The minimum atomic E-state index is -0.280. The van der Waals surface area contributed by atoms with Crippen LogP contribution >= 0.6 is 0 Å². The van der Waals surface area contributed by atoms with Gasteiger partial charge in [0, 0.05) is 18.3 Å². The smallest absolute Gasteiger partial charge is 0.145 e. The number of H-pyrrole nitrogens is 1. The molecule has 2 aromatic heterocycles. The predicted molar refractivity (Wildman–Crippen MR) is 50.3 cm³/mol. The first-order chi connectivity index (χ1) is 6.81. The molecule has 0 aromatic carbocycles. The van der Waals surface area contributed by atoms with Crippen LogP contribution in [0.2, 0.25) is 0 Å². The van der Waals surface area contributed by atoms with E-state index in [4.69, 9.17) is 5.73 Å². The molecule has 1 atom stereocenters. The first kappa shape index (κ1) is 8.89. The van der Waals surface area contributed by atoms with E-state index in [2.05, 4.69) is 20.3 Å². The monoisotopic (exact) mass is 192 g/mol. The Hall–Kier alpha value is -1.69. The Morgan fingerprint density at radius 2 is 2.50 bits per heavy atom. The maximum absolute atomic E-state index is 5.94. The Bertz CT molecular complexity index is 390.